The average Bonchev–Trinajstić information content (AvgIpc) is 2.67. The molecule has 1 unspecified atom stereocenters. The van der Waals surface area contributed by atoms with E-state index in [0.717, 1.165) is 11.1 Å². The third-order valence-corrected chi connectivity index (χ3v) is 4.40. The Morgan fingerprint density at radius 2 is 2.11 bits per heavy atom. The van der Waals surface area contributed by atoms with Gasteiger partial charge in [0.05, 0.1) is 13.2 Å². The molecule has 1 aliphatic rings. The second-order valence-electron chi connectivity index (χ2n) is 6.23. The predicted molar refractivity (Wildman–Crippen MR) is 98.2 cm³/mol. The number of rotatable bonds is 4. The molecule has 2 heterocycles. The Bertz CT molecular complexity index is 855. The number of carboxylic acid groups (broad SMARTS) is 1. The number of carbonyl (C=O) groups is 2. The number of morpholine rings is 1. The Balaban J connectivity index is 1.75. The molecule has 0 radical (unpaired) electrons. The van der Waals surface area contributed by atoms with Crippen molar-refractivity contribution in [3.05, 3.63) is 47.7 Å². The van der Waals surface area contributed by atoms with Crippen LogP contribution in [-0.4, -0.2) is 52.8 Å². The number of carboxylic acids is 1. The van der Waals surface area contributed by atoms with Crippen LogP contribution in [0.25, 0.3) is 0 Å². The van der Waals surface area contributed by atoms with Gasteiger partial charge in [0, 0.05) is 12.7 Å². The fraction of sp³-hybridized carbons (Fsp3) is 0.316. The molecule has 2 N–H and O–H groups in total. The minimum absolute atomic E-state index is 0.0192. The number of aryl methyl sites for hydroxylation is 1. The number of hydrogen-bond donors (Lipinski definition) is 2. The van der Waals surface area contributed by atoms with Crippen molar-refractivity contribution in [2.75, 3.05) is 25.0 Å². The zero-order chi connectivity index (χ0) is 19.4. The lowest BCUT2D eigenvalue weighted by atomic mass is 10.1. The van der Waals surface area contributed by atoms with Crippen molar-refractivity contribution in [1.29, 1.82) is 0 Å². The Hall–Kier alpha value is -3.13. The summed E-state index contributed by atoms with van der Waals surface area (Å²) in [4.78, 5) is 29.2. The van der Waals surface area contributed by atoms with Gasteiger partial charge in [-0.25, -0.2) is 14.6 Å². The molecule has 1 atom stereocenters. The van der Waals surface area contributed by atoms with Crippen molar-refractivity contribution in [3.63, 3.8) is 0 Å². The van der Waals surface area contributed by atoms with Crippen molar-refractivity contribution in [3.8, 4) is 11.6 Å². The Kier molecular flexibility index (Phi) is 5.56. The lowest BCUT2D eigenvalue weighted by Gasteiger charge is -2.30. The zero-order valence-electron chi connectivity index (χ0n) is 15.1. The molecule has 27 heavy (non-hydrogen) atoms. The lowest BCUT2D eigenvalue weighted by molar-refractivity contribution is -0.154. The van der Waals surface area contributed by atoms with Gasteiger partial charge in [0.25, 0.3) is 0 Å². The summed E-state index contributed by atoms with van der Waals surface area (Å²) < 4.78 is 11.0. The third-order valence-electron chi connectivity index (χ3n) is 4.40. The summed E-state index contributed by atoms with van der Waals surface area (Å²) in [7, 11) is 0. The Labute approximate surface area is 156 Å². The summed E-state index contributed by atoms with van der Waals surface area (Å²) in [6, 6.07) is 8.65. The van der Waals surface area contributed by atoms with E-state index in [1.54, 1.807) is 18.3 Å². The van der Waals surface area contributed by atoms with E-state index in [1.807, 2.05) is 32.0 Å². The fourth-order valence-corrected chi connectivity index (χ4v) is 2.68. The molecule has 1 aromatic heterocycles. The molecule has 1 fully saturated rings. The van der Waals surface area contributed by atoms with E-state index in [0.29, 0.717) is 18.0 Å². The number of anilines is 1. The van der Waals surface area contributed by atoms with Crippen LogP contribution < -0.4 is 10.1 Å². The molecule has 3 rings (SSSR count). The number of nitrogens with one attached hydrogen (secondary N) is 1. The molecular weight excluding hydrogens is 350 g/mol. The normalized spacial score (nSPS) is 16.7. The van der Waals surface area contributed by atoms with Crippen LogP contribution >= 0.6 is 0 Å². The summed E-state index contributed by atoms with van der Waals surface area (Å²) in [5.74, 6) is -0.170. The molecule has 142 valence electrons. The van der Waals surface area contributed by atoms with Crippen LogP contribution in [0.1, 0.15) is 11.1 Å². The summed E-state index contributed by atoms with van der Waals surface area (Å²) in [5.41, 5.74) is 2.47. The summed E-state index contributed by atoms with van der Waals surface area (Å²) in [6.07, 6.45) is 0.551. The van der Waals surface area contributed by atoms with Gasteiger partial charge >= 0.3 is 12.0 Å². The number of benzene rings is 1. The summed E-state index contributed by atoms with van der Waals surface area (Å²) >= 11 is 0. The highest BCUT2D eigenvalue weighted by molar-refractivity contribution is 5.91. The van der Waals surface area contributed by atoms with Crippen LogP contribution in [0.15, 0.2) is 36.5 Å². The van der Waals surface area contributed by atoms with Crippen molar-refractivity contribution >= 4 is 17.7 Å². The number of amides is 2. The van der Waals surface area contributed by atoms with Crippen molar-refractivity contribution < 1.29 is 24.2 Å². The molecule has 0 bridgehead atoms. The number of nitrogens with zero attached hydrogens (tertiary/aromatic N) is 2. The Morgan fingerprint density at radius 3 is 2.89 bits per heavy atom. The first-order valence-electron chi connectivity index (χ1n) is 8.55. The number of aliphatic carboxylic acids is 1. The van der Waals surface area contributed by atoms with E-state index in [1.165, 1.54) is 4.90 Å². The molecular formula is C19H21N3O5. The molecule has 1 aliphatic heterocycles. The topological polar surface area (TPSA) is 101 Å². The van der Waals surface area contributed by atoms with Crippen LogP contribution in [0.4, 0.5) is 10.5 Å². The number of urea groups is 1. The Morgan fingerprint density at radius 1 is 1.30 bits per heavy atom. The number of pyridine rings is 1. The molecule has 8 nitrogen and oxygen atoms in total. The molecule has 8 heteroatoms. The predicted octanol–water partition coefficient (Wildman–Crippen LogP) is 2.81. The second kappa shape index (κ2) is 8.05. The number of hydrogen-bond acceptors (Lipinski definition) is 5. The van der Waals surface area contributed by atoms with Crippen LogP contribution in [0.3, 0.4) is 0 Å². The smallest absolute Gasteiger partial charge is 0.334 e. The van der Waals surface area contributed by atoms with Gasteiger partial charge < -0.3 is 24.8 Å². The molecule has 2 amide bonds. The lowest BCUT2D eigenvalue weighted by Crippen LogP contribution is -2.49. The highest BCUT2D eigenvalue weighted by atomic mass is 16.5. The first kappa shape index (κ1) is 18.7. The maximum atomic E-state index is 12.5. The van der Waals surface area contributed by atoms with Crippen molar-refractivity contribution in [2.45, 2.75) is 20.0 Å². The maximum Gasteiger partial charge on any atom is 0.334 e. The van der Waals surface area contributed by atoms with Gasteiger partial charge in [0.2, 0.25) is 5.88 Å². The SMILES string of the molecule is Cc1cccc(Oc2ncccc2NC(=O)N2CCOC(C(=O)O)C2)c1C. The van der Waals surface area contributed by atoms with Gasteiger partial charge in [-0.2, -0.15) is 0 Å². The van der Waals surface area contributed by atoms with E-state index >= 15 is 0 Å². The van der Waals surface area contributed by atoms with Gasteiger partial charge in [-0.15, -0.1) is 0 Å². The number of aromatic nitrogens is 1. The van der Waals surface area contributed by atoms with Crippen molar-refractivity contribution in [1.82, 2.24) is 9.88 Å². The van der Waals surface area contributed by atoms with E-state index in [-0.39, 0.29) is 19.0 Å². The highest BCUT2D eigenvalue weighted by Gasteiger charge is 2.29. The van der Waals surface area contributed by atoms with E-state index in [2.05, 4.69) is 10.3 Å². The number of ether oxygens (including phenoxy) is 2. The summed E-state index contributed by atoms with van der Waals surface area (Å²) in [6.45, 7) is 4.40. The van der Waals surface area contributed by atoms with E-state index in [9.17, 15) is 9.59 Å². The van der Waals surface area contributed by atoms with E-state index in [4.69, 9.17) is 14.6 Å². The molecule has 1 saturated heterocycles. The minimum Gasteiger partial charge on any atom is -0.479 e. The van der Waals surface area contributed by atoms with Gasteiger partial charge in [0.1, 0.15) is 11.4 Å². The van der Waals surface area contributed by atoms with Gasteiger partial charge in [0.15, 0.2) is 6.10 Å². The largest absolute Gasteiger partial charge is 0.479 e. The van der Waals surface area contributed by atoms with Gasteiger partial charge in [-0.3, -0.25) is 0 Å². The maximum absolute atomic E-state index is 12.5. The number of carbonyl (C=O) groups excluding carboxylic acids is 1. The van der Waals surface area contributed by atoms with Crippen LogP contribution in [0, 0.1) is 13.8 Å². The van der Waals surface area contributed by atoms with Crippen molar-refractivity contribution in [2.24, 2.45) is 0 Å². The molecule has 0 spiro atoms. The van der Waals surface area contributed by atoms with Crippen LogP contribution in [0.5, 0.6) is 11.6 Å². The standard InChI is InChI=1S/C19H21N3O5/c1-12-5-3-7-15(13(12)2)27-17-14(6-4-8-20-17)21-19(25)22-9-10-26-16(11-22)18(23)24/h3-8,16H,9-11H2,1-2H3,(H,21,25)(H,23,24). The summed E-state index contributed by atoms with van der Waals surface area (Å²) in [5, 5.41) is 11.8. The first-order chi connectivity index (χ1) is 13.0. The fourth-order valence-electron chi connectivity index (χ4n) is 2.68. The molecule has 0 aliphatic carbocycles. The zero-order valence-corrected chi connectivity index (χ0v) is 15.1. The minimum atomic E-state index is -1.09. The van der Waals surface area contributed by atoms with Crippen LogP contribution in [-0.2, 0) is 9.53 Å². The average molecular weight is 371 g/mol. The quantitative estimate of drug-likeness (QED) is 0.857. The monoisotopic (exact) mass is 371 g/mol. The third kappa shape index (κ3) is 4.35. The second-order valence-corrected chi connectivity index (χ2v) is 6.23. The highest BCUT2D eigenvalue weighted by Crippen LogP contribution is 2.30. The first-order valence-corrected chi connectivity index (χ1v) is 8.55. The van der Waals surface area contributed by atoms with Gasteiger partial charge in [-0.05, 0) is 43.2 Å². The molecule has 0 saturated carbocycles. The molecule has 2 aromatic rings. The van der Waals surface area contributed by atoms with Gasteiger partial charge in [-0.1, -0.05) is 12.1 Å². The van der Waals surface area contributed by atoms with Crippen LogP contribution in [0.2, 0.25) is 0 Å². The molecule has 1 aromatic carbocycles. The van der Waals surface area contributed by atoms with E-state index < -0.39 is 18.1 Å².